The number of nitrogens with one attached hydrogen (secondary N) is 2. The van der Waals surface area contributed by atoms with E-state index < -0.39 is 5.60 Å². The predicted molar refractivity (Wildman–Crippen MR) is 129 cm³/mol. The molecule has 5 nitrogen and oxygen atoms in total. The molecule has 8 heteroatoms. The van der Waals surface area contributed by atoms with Gasteiger partial charge >= 0.3 is 0 Å². The molecule has 154 valence electrons. The molecule has 1 aromatic rings. The number of rotatable bonds is 6. The van der Waals surface area contributed by atoms with Crippen molar-refractivity contribution in [1.82, 2.24) is 15.5 Å². The van der Waals surface area contributed by atoms with Gasteiger partial charge in [0.05, 0.1) is 12.1 Å². The molecule has 2 aliphatic heterocycles. The van der Waals surface area contributed by atoms with Crippen LogP contribution in [0.3, 0.4) is 0 Å². The third-order valence-electron chi connectivity index (χ3n) is 5.33. The standard InChI is InChI=1S/C19H32N4OS2.HI/c1-3-20-18(22-13-19(24)8-11-25-14-19)21-12-15-6-4-9-23(2)17(15)16-7-5-10-26-16;/h5,7,10,15,17,24H,3-4,6,8-9,11-14H2,1-2H3,(H2,20,21,22);1H. The highest BCUT2D eigenvalue weighted by molar-refractivity contribution is 14.0. The van der Waals surface area contributed by atoms with Crippen molar-refractivity contribution < 1.29 is 5.11 Å². The molecule has 0 amide bonds. The minimum atomic E-state index is -0.627. The zero-order valence-corrected chi connectivity index (χ0v) is 20.3. The van der Waals surface area contributed by atoms with Gasteiger partial charge in [0.15, 0.2) is 5.96 Å². The molecule has 3 atom stereocenters. The van der Waals surface area contributed by atoms with E-state index in [-0.39, 0.29) is 24.0 Å². The van der Waals surface area contributed by atoms with Crippen molar-refractivity contribution in [2.45, 2.75) is 37.8 Å². The highest BCUT2D eigenvalue weighted by Crippen LogP contribution is 2.36. The fraction of sp³-hybridized carbons (Fsp3) is 0.737. The Morgan fingerprint density at radius 1 is 1.44 bits per heavy atom. The van der Waals surface area contributed by atoms with Crippen LogP contribution in [0.25, 0.3) is 0 Å². The van der Waals surface area contributed by atoms with Crippen LogP contribution in [0.15, 0.2) is 22.5 Å². The minimum absolute atomic E-state index is 0. The molecule has 3 unspecified atom stereocenters. The van der Waals surface area contributed by atoms with Crippen LogP contribution in [0.1, 0.15) is 37.1 Å². The Balaban J connectivity index is 0.00000261. The molecule has 0 aliphatic carbocycles. The lowest BCUT2D eigenvalue weighted by atomic mass is 9.88. The second kappa shape index (κ2) is 11.2. The zero-order chi connectivity index (χ0) is 18.4. The molecular formula is C19H33IN4OS2. The molecule has 0 radical (unpaired) electrons. The Labute approximate surface area is 188 Å². The first kappa shape index (κ1) is 23.3. The first-order valence-corrected chi connectivity index (χ1v) is 11.7. The predicted octanol–water partition coefficient (Wildman–Crippen LogP) is 3.17. The summed E-state index contributed by atoms with van der Waals surface area (Å²) in [5, 5.41) is 19.6. The van der Waals surface area contributed by atoms with Crippen molar-refractivity contribution in [2.75, 3.05) is 44.7 Å². The molecule has 2 saturated heterocycles. The van der Waals surface area contributed by atoms with E-state index in [2.05, 4.69) is 52.0 Å². The number of thiophene rings is 1. The van der Waals surface area contributed by atoms with E-state index in [1.54, 1.807) is 0 Å². The summed E-state index contributed by atoms with van der Waals surface area (Å²) in [7, 11) is 2.24. The normalized spacial score (nSPS) is 29.4. The van der Waals surface area contributed by atoms with Gasteiger partial charge in [-0.2, -0.15) is 11.8 Å². The van der Waals surface area contributed by atoms with E-state index in [9.17, 15) is 5.11 Å². The number of hydrogen-bond donors (Lipinski definition) is 3. The highest BCUT2D eigenvalue weighted by atomic mass is 127. The highest BCUT2D eigenvalue weighted by Gasteiger charge is 2.32. The number of aliphatic imine (C=N–C) groups is 1. The van der Waals surface area contributed by atoms with E-state index in [4.69, 9.17) is 0 Å². The Morgan fingerprint density at radius 2 is 2.30 bits per heavy atom. The number of nitrogens with zero attached hydrogens (tertiary/aromatic N) is 2. The van der Waals surface area contributed by atoms with Crippen molar-refractivity contribution in [2.24, 2.45) is 10.9 Å². The third-order valence-corrected chi connectivity index (χ3v) is 7.51. The van der Waals surface area contributed by atoms with Gasteiger partial charge in [-0.1, -0.05) is 6.07 Å². The van der Waals surface area contributed by atoms with E-state index in [1.165, 1.54) is 17.7 Å². The number of halogens is 1. The molecule has 2 fully saturated rings. The van der Waals surface area contributed by atoms with E-state index >= 15 is 0 Å². The first-order chi connectivity index (χ1) is 12.6. The van der Waals surface area contributed by atoms with Crippen LogP contribution in [0.4, 0.5) is 0 Å². The minimum Gasteiger partial charge on any atom is -0.387 e. The van der Waals surface area contributed by atoms with Gasteiger partial charge in [-0.25, -0.2) is 0 Å². The van der Waals surface area contributed by atoms with Crippen molar-refractivity contribution in [1.29, 1.82) is 0 Å². The molecule has 0 saturated carbocycles. The molecule has 0 bridgehead atoms. The molecule has 27 heavy (non-hydrogen) atoms. The van der Waals surface area contributed by atoms with Crippen LogP contribution in [0, 0.1) is 5.92 Å². The van der Waals surface area contributed by atoms with E-state index in [0.717, 1.165) is 43.5 Å². The quantitative estimate of drug-likeness (QED) is 0.303. The first-order valence-electron chi connectivity index (χ1n) is 9.67. The number of likely N-dealkylation sites (tertiary alicyclic amines) is 1. The second-order valence-electron chi connectivity index (χ2n) is 7.45. The fourth-order valence-corrected chi connectivity index (χ4v) is 6.17. The van der Waals surface area contributed by atoms with Crippen LogP contribution in [-0.2, 0) is 0 Å². The Kier molecular flexibility index (Phi) is 9.67. The van der Waals surface area contributed by atoms with Crippen LogP contribution >= 0.6 is 47.1 Å². The van der Waals surface area contributed by atoms with E-state index in [0.29, 0.717) is 18.5 Å². The topological polar surface area (TPSA) is 59.9 Å². The number of aliphatic hydroxyl groups is 1. The van der Waals surface area contributed by atoms with Crippen LogP contribution in [0.5, 0.6) is 0 Å². The summed E-state index contributed by atoms with van der Waals surface area (Å²) in [6.07, 6.45) is 3.32. The second-order valence-corrected chi connectivity index (χ2v) is 9.53. The van der Waals surface area contributed by atoms with E-state index in [1.807, 2.05) is 23.1 Å². The average molecular weight is 525 g/mol. The largest absolute Gasteiger partial charge is 0.387 e. The summed E-state index contributed by atoms with van der Waals surface area (Å²) < 4.78 is 0. The summed E-state index contributed by atoms with van der Waals surface area (Å²) in [4.78, 5) is 8.63. The van der Waals surface area contributed by atoms with Gasteiger partial charge in [0.1, 0.15) is 0 Å². The number of piperidine rings is 1. The maximum absolute atomic E-state index is 10.5. The average Bonchev–Trinajstić information content (AvgIpc) is 3.30. The monoisotopic (exact) mass is 524 g/mol. The lowest BCUT2D eigenvalue weighted by Gasteiger charge is -2.39. The van der Waals surface area contributed by atoms with Gasteiger partial charge in [-0.05, 0) is 62.9 Å². The smallest absolute Gasteiger partial charge is 0.191 e. The lowest BCUT2D eigenvalue weighted by Crippen LogP contribution is -2.45. The Hall–Kier alpha value is -0.0300. The molecule has 3 rings (SSSR count). The van der Waals surface area contributed by atoms with Gasteiger partial charge in [0, 0.05) is 29.8 Å². The van der Waals surface area contributed by atoms with Crippen molar-refractivity contribution in [3.8, 4) is 0 Å². The number of thioether (sulfide) groups is 1. The Morgan fingerprint density at radius 3 is 2.96 bits per heavy atom. The maximum Gasteiger partial charge on any atom is 0.191 e. The van der Waals surface area contributed by atoms with Crippen molar-refractivity contribution in [3.05, 3.63) is 22.4 Å². The summed E-state index contributed by atoms with van der Waals surface area (Å²) in [5.41, 5.74) is -0.627. The van der Waals surface area contributed by atoms with Crippen molar-refractivity contribution in [3.63, 3.8) is 0 Å². The Bertz CT molecular complexity index is 578. The number of guanidine groups is 1. The van der Waals surface area contributed by atoms with Crippen LogP contribution in [-0.4, -0.2) is 66.3 Å². The SMILES string of the molecule is CCNC(=NCC1(O)CCSC1)NCC1CCCN(C)C1c1cccs1.I. The van der Waals surface area contributed by atoms with Gasteiger partial charge in [-0.3, -0.25) is 9.89 Å². The van der Waals surface area contributed by atoms with Crippen LogP contribution in [0.2, 0.25) is 0 Å². The fourth-order valence-electron chi connectivity index (χ4n) is 3.90. The van der Waals surface area contributed by atoms with Gasteiger partial charge in [0.25, 0.3) is 0 Å². The lowest BCUT2D eigenvalue weighted by molar-refractivity contribution is 0.0778. The molecule has 1 aromatic heterocycles. The van der Waals surface area contributed by atoms with Gasteiger partial charge in [-0.15, -0.1) is 35.3 Å². The summed E-state index contributed by atoms with van der Waals surface area (Å²) in [6.45, 7) is 5.47. The summed E-state index contributed by atoms with van der Waals surface area (Å²) in [6, 6.07) is 4.89. The van der Waals surface area contributed by atoms with Gasteiger partial charge in [0.2, 0.25) is 0 Å². The third kappa shape index (κ3) is 6.48. The summed E-state index contributed by atoms with van der Waals surface area (Å²) >= 11 is 3.67. The van der Waals surface area contributed by atoms with Gasteiger partial charge < -0.3 is 15.7 Å². The van der Waals surface area contributed by atoms with Crippen molar-refractivity contribution >= 4 is 53.0 Å². The number of hydrogen-bond acceptors (Lipinski definition) is 5. The molecule has 3 heterocycles. The molecule has 2 aliphatic rings. The maximum atomic E-state index is 10.5. The zero-order valence-electron chi connectivity index (χ0n) is 16.3. The summed E-state index contributed by atoms with van der Waals surface area (Å²) in [5.74, 6) is 3.23. The molecule has 0 aromatic carbocycles. The molecule has 3 N–H and O–H groups in total. The molecule has 0 spiro atoms. The molecular weight excluding hydrogens is 491 g/mol. The van der Waals surface area contributed by atoms with Crippen LogP contribution < -0.4 is 10.6 Å².